The third-order valence-electron chi connectivity index (χ3n) is 11.3. The second-order valence-corrected chi connectivity index (χ2v) is 18.7. The molecule has 26 nitrogen and oxygen atoms in total. The van der Waals surface area contributed by atoms with Gasteiger partial charge in [-0.15, -0.1) is 22.7 Å². The van der Waals surface area contributed by atoms with Gasteiger partial charge in [0.2, 0.25) is 0 Å². The van der Waals surface area contributed by atoms with Gasteiger partial charge in [-0.2, -0.15) is 20.7 Å². The Labute approximate surface area is 452 Å². The van der Waals surface area contributed by atoms with Crippen LogP contribution in [0.3, 0.4) is 0 Å². The first-order valence-corrected chi connectivity index (χ1v) is 24.5. The molecule has 0 aliphatic carbocycles. The summed E-state index contributed by atoms with van der Waals surface area (Å²) in [6.07, 6.45) is 3.28. The molecule has 0 spiro atoms. The number of amides is 6. The second kappa shape index (κ2) is 25.1. The molecular weight excluding hydrogens is 1070 g/mol. The minimum Gasteiger partial charge on any atom is -0.508 e. The molecule has 2 atom stereocenters. The van der Waals surface area contributed by atoms with Crippen LogP contribution >= 0.6 is 22.7 Å². The first-order chi connectivity index (χ1) is 37.8. The van der Waals surface area contributed by atoms with Gasteiger partial charge in [0.25, 0.3) is 35.4 Å². The van der Waals surface area contributed by atoms with Gasteiger partial charge in [0.05, 0.1) is 51.4 Å². The number of rotatable bonds is 18. The smallest absolute Gasteiger partial charge is 0.330 e. The summed E-state index contributed by atoms with van der Waals surface area (Å²) in [6.45, 7) is -0.614. The fourth-order valence-electron chi connectivity index (χ4n) is 7.43. The van der Waals surface area contributed by atoms with E-state index in [1.54, 1.807) is 18.5 Å². The second-order valence-electron chi connectivity index (χ2n) is 16.6. The van der Waals surface area contributed by atoms with Gasteiger partial charge < -0.3 is 62.2 Å². The lowest BCUT2D eigenvalue weighted by atomic mass is 10.1. The van der Waals surface area contributed by atoms with Crippen LogP contribution in [-0.4, -0.2) is 126 Å². The number of fused-ring (bicyclic) bond motifs is 2. The number of thiophene rings is 2. The van der Waals surface area contributed by atoms with Gasteiger partial charge >= 0.3 is 11.9 Å². The molecule has 28 heteroatoms. The molecule has 4 aromatic carbocycles. The van der Waals surface area contributed by atoms with E-state index < -0.39 is 72.6 Å². The van der Waals surface area contributed by atoms with E-state index in [2.05, 4.69) is 52.3 Å². The number of aliphatic carboxylic acids is 1. The third-order valence-corrected chi connectivity index (χ3v) is 13.5. The van der Waals surface area contributed by atoms with Crippen molar-refractivity contribution in [2.45, 2.75) is 25.2 Å². The number of nitrogens with one attached hydrogen (secondary N) is 8. The molecule has 0 fully saturated rings. The van der Waals surface area contributed by atoms with Crippen molar-refractivity contribution in [3.8, 4) is 35.1 Å². The number of nitrogens with zero attached hydrogens (tertiary/aromatic N) is 4. The van der Waals surface area contributed by atoms with Crippen LogP contribution in [-0.2, 0) is 27.4 Å². The quantitative estimate of drug-likeness (QED) is 0.0549. The summed E-state index contributed by atoms with van der Waals surface area (Å²) < 4.78 is 4.71. The predicted octanol–water partition coefficient (Wildman–Crippen LogP) is 2.99. The Hall–Kier alpha value is -10.8. The maximum atomic E-state index is 13.0. The van der Waals surface area contributed by atoms with Crippen LogP contribution in [0.25, 0.3) is 21.8 Å². The summed E-state index contributed by atoms with van der Waals surface area (Å²) in [5, 5.41) is 96.9. The number of phenolic OH excluding ortho intramolecular Hbond substituents is 4. The highest BCUT2D eigenvalue weighted by Crippen LogP contribution is 2.26. The SMILES string of the molecule is COC(=O)[C@H](CNC(=O)c1cc(O)cc(O)c1)NC(=O)c1sc(C(=O)NCc2cccc3[nH]ncc23)cc1C#N.N#Cc1cc(C(=O)NCc2cccc3[nH]ncc23)sc1C(=O)N[C@@H](CNC(=O)c1cc(O)cc(O)c1)C(=O)O. The summed E-state index contributed by atoms with van der Waals surface area (Å²) in [7, 11) is 1.09. The lowest BCUT2D eigenvalue weighted by Crippen LogP contribution is -2.49. The van der Waals surface area contributed by atoms with Gasteiger partial charge in [-0.1, -0.05) is 24.3 Å². The standard InChI is InChI=1S/C26H22N6O7S.C25H20N6O7S/c1-39-26(38)20(12-29-23(35)14-5-16(33)8-17(34)6-14)31-25(37)22-15(9-27)7-21(40-22)24(36)28-10-13-3-2-4-19-18(13)11-30-32-19;26-8-14-6-20(23(35)27-9-12-2-1-3-18-17(12)10-29-31-18)39-21(14)24(36)30-19(25(37)38)11-28-22(34)13-4-15(32)7-16(33)5-13/h2-8,11,20,33-34H,10,12H2,1H3,(H,28,36)(H,29,35)(H,30,32)(H,31,37);1-7,10,19,32-33H,9,11H2,(H,27,35)(H,28,34)(H,29,31)(H,30,36)(H,37,38)/t20-;19-/m00/s1. The van der Waals surface area contributed by atoms with Crippen molar-refractivity contribution < 1.29 is 68.6 Å². The number of H-pyrrole nitrogens is 2. The highest BCUT2D eigenvalue weighted by atomic mass is 32.1. The number of phenols is 4. The molecule has 402 valence electrons. The molecule has 4 heterocycles. The number of methoxy groups -OCH3 is 1. The number of carboxylic acids is 1. The number of aromatic amines is 2. The zero-order valence-electron chi connectivity index (χ0n) is 40.7. The van der Waals surface area contributed by atoms with Gasteiger partial charge in [0.1, 0.15) is 57.0 Å². The van der Waals surface area contributed by atoms with Crippen LogP contribution in [0.5, 0.6) is 23.0 Å². The van der Waals surface area contributed by atoms with Crippen molar-refractivity contribution in [2.24, 2.45) is 0 Å². The number of aromatic hydroxyl groups is 4. The molecule has 4 aromatic heterocycles. The number of carbonyl (C=O) groups excluding carboxylic acids is 7. The molecule has 0 radical (unpaired) electrons. The number of carbonyl (C=O) groups is 8. The number of hydrogen-bond acceptors (Lipinski definition) is 19. The maximum absolute atomic E-state index is 13.0. The Morgan fingerprint density at radius 3 is 1.37 bits per heavy atom. The highest BCUT2D eigenvalue weighted by molar-refractivity contribution is 7.16. The summed E-state index contributed by atoms with van der Waals surface area (Å²) in [5.74, 6) is -8.12. The minimum atomic E-state index is -1.59. The minimum absolute atomic E-state index is 0.0694. The molecule has 0 bridgehead atoms. The van der Waals surface area contributed by atoms with Crippen molar-refractivity contribution in [3.63, 3.8) is 0 Å². The van der Waals surface area contributed by atoms with Gasteiger partial charge in [-0.3, -0.25) is 39.0 Å². The molecule has 0 saturated carbocycles. The van der Waals surface area contributed by atoms with Crippen LogP contribution in [0.2, 0.25) is 0 Å². The van der Waals surface area contributed by atoms with E-state index in [-0.39, 0.29) is 77.8 Å². The molecule has 0 aliphatic heterocycles. The number of hydrogen-bond donors (Lipinski definition) is 13. The number of aromatic nitrogens is 4. The van der Waals surface area contributed by atoms with E-state index in [0.717, 1.165) is 99.1 Å². The van der Waals surface area contributed by atoms with Crippen molar-refractivity contribution in [2.75, 3.05) is 20.2 Å². The summed E-state index contributed by atoms with van der Waals surface area (Å²) in [6, 6.07) is 20.6. The fraction of sp³-hybridized carbons (Fsp3) is 0.137. The van der Waals surface area contributed by atoms with E-state index in [0.29, 0.717) is 0 Å². The number of carboxylic acid groups (broad SMARTS) is 1. The Balaban J connectivity index is 0.000000229. The molecule has 0 unspecified atom stereocenters. The first kappa shape index (κ1) is 55.9. The van der Waals surface area contributed by atoms with Gasteiger partial charge in [0, 0.05) is 60.2 Å². The highest BCUT2D eigenvalue weighted by Gasteiger charge is 2.29. The van der Waals surface area contributed by atoms with Crippen molar-refractivity contribution in [1.29, 1.82) is 10.5 Å². The largest absolute Gasteiger partial charge is 0.508 e. The molecule has 13 N–H and O–H groups in total. The molecule has 0 saturated heterocycles. The number of nitriles is 2. The molecule has 8 rings (SSSR count). The van der Waals surface area contributed by atoms with Crippen LogP contribution in [0.1, 0.15) is 81.7 Å². The average Bonchev–Trinajstić information content (AvgIpc) is 4.29. The molecular formula is C51H42N12O14S2. The van der Waals surface area contributed by atoms with Gasteiger partial charge in [0.15, 0.2) is 0 Å². The van der Waals surface area contributed by atoms with Crippen LogP contribution in [0, 0.1) is 22.7 Å². The maximum Gasteiger partial charge on any atom is 0.330 e. The van der Waals surface area contributed by atoms with E-state index in [4.69, 9.17) is 4.74 Å². The molecule has 6 amide bonds. The van der Waals surface area contributed by atoms with E-state index in [9.17, 15) is 74.4 Å². The average molecular weight is 1110 g/mol. The lowest BCUT2D eigenvalue weighted by Gasteiger charge is -2.17. The monoisotopic (exact) mass is 1110 g/mol. The molecule has 8 aromatic rings. The Morgan fingerprint density at radius 2 is 0.975 bits per heavy atom. The lowest BCUT2D eigenvalue weighted by molar-refractivity contribution is -0.142. The van der Waals surface area contributed by atoms with E-state index in [1.807, 2.05) is 42.5 Å². The van der Waals surface area contributed by atoms with E-state index in [1.165, 1.54) is 12.1 Å². The number of benzene rings is 4. The van der Waals surface area contributed by atoms with Crippen molar-refractivity contribution in [1.82, 2.24) is 52.3 Å². The fourth-order valence-corrected chi connectivity index (χ4v) is 9.29. The summed E-state index contributed by atoms with van der Waals surface area (Å²) in [5.41, 5.74) is 2.81. The first-order valence-electron chi connectivity index (χ1n) is 22.9. The van der Waals surface area contributed by atoms with Gasteiger partial charge in [-0.25, -0.2) is 9.59 Å². The molecule has 79 heavy (non-hydrogen) atoms. The number of esters is 1. The Bertz CT molecular complexity index is 3740. The van der Waals surface area contributed by atoms with Crippen LogP contribution in [0.4, 0.5) is 0 Å². The number of ether oxygens (including phenoxy) is 1. The Morgan fingerprint density at radius 1 is 0.570 bits per heavy atom. The van der Waals surface area contributed by atoms with Crippen molar-refractivity contribution >= 4 is 91.9 Å². The van der Waals surface area contributed by atoms with Crippen molar-refractivity contribution in [3.05, 3.63) is 150 Å². The van der Waals surface area contributed by atoms with Gasteiger partial charge in [-0.05, 0) is 59.7 Å². The van der Waals surface area contributed by atoms with E-state index >= 15 is 0 Å². The van der Waals surface area contributed by atoms with Crippen LogP contribution < -0.4 is 31.9 Å². The zero-order chi connectivity index (χ0) is 56.9. The predicted molar refractivity (Wildman–Crippen MR) is 279 cm³/mol. The topological polar surface area (TPSA) is 424 Å². The third kappa shape index (κ3) is 13.9. The Kier molecular flexibility index (Phi) is 17.8. The molecule has 0 aliphatic rings. The summed E-state index contributed by atoms with van der Waals surface area (Å²) >= 11 is 1.48. The normalized spacial score (nSPS) is 11.3. The summed E-state index contributed by atoms with van der Waals surface area (Å²) in [4.78, 5) is 100. The van der Waals surface area contributed by atoms with Crippen LogP contribution in [0.15, 0.2) is 97.3 Å². The zero-order valence-corrected chi connectivity index (χ0v) is 42.4.